The number of hydrogen-bond donors (Lipinski definition) is 1. The number of imidazole rings is 1. The van der Waals surface area contributed by atoms with Crippen LogP contribution in [0.2, 0.25) is 0 Å². The number of pyridine rings is 1. The summed E-state index contributed by atoms with van der Waals surface area (Å²) in [4.78, 5) is 10.6. The molecule has 0 unspecified atom stereocenters. The first-order valence-electron chi connectivity index (χ1n) is 6.09. The predicted octanol–water partition coefficient (Wildman–Crippen LogP) is 2.11. The molecule has 0 saturated heterocycles. The highest BCUT2D eigenvalue weighted by Gasteiger charge is 2.12. The van der Waals surface area contributed by atoms with E-state index in [1.54, 1.807) is 10.7 Å². The zero-order valence-corrected chi connectivity index (χ0v) is 12.4. The average molecular weight is 333 g/mol. The highest BCUT2D eigenvalue weighted by molar-refractivity contribution is 9.10. The molecule has 0 aromatic carbocycles. The first kappa shape index (κ1) is 13.0. The molecule has 0 bridgehead atoms. The Bertz CT molecular complexity index is 739. The van der Waals surface area contributed by atoms with Gasteiger partial charge < -0.3 is 10.6 Å². The fraction of sp³-hybridized carbons (Fsp3) is 0.154. The molecular weight excluding hydrogens is 320 g/mol. The van der Waals surface area contributed by atoms with Crippen molar-refractivity contribution >= 4 is 33.2 Å². The van der Waals surface area contributed by atoms with Gasteiger partial charge in [-0.1, -0.05) is 6.07 Å². The van der Waals surface area contributed by atoms with E-state index in [4.69, 9.17) is 5.73 Å². The van der Waals surface area contributed by atoms with Crippen LogP contribution in [-0.4, -0.2) is 26.6 Å². The Kier molecular flexibility index (Phi) is 3.37. The largest absolute Gasteiger partial charge is 0.325 e. The summed E-state index contributed by atoms with van der Waals surface area (Å²) in [5, 5.41) is 4.56. The standard InChI is InChI=1S/C13H13BrN6/c1-19(10-4-2-3-7-16-10)12-6-5-11-17-9(8-15)13(14)20(11)18-12/h2-7H,8,15H2,1H3. The van der Waals surface area contributed by atoms with Gasteiger partial charge in [-0.2, -0.15) is 0 Å². The molecule has 0 amide bonds. The molecule has 0 saturated carbocycles. The van der Waals surface area contributed by atoms with Crippen LogP contribution in [-0.2, 0) is 6.54 Å². The number of aromatic nitrogens is 4. The lowest BCUT2D eigenvalue weighted by atomic mass is 10.4. The Morgan fingerprint density at radius 3 is 2.80 bits per heavy atom. The van der Waals surface area contributed by atoms with Crippen molar-refractivity contribution in [3.05, 3.63) is 46.8 Å². The van der Waals surface area contributed by atoms with E-state index in [0.29, 0.717) is 6.54 Å². The van der Waals surface area contributed by atoms with Gasteiger partial charge >= 0.3 is 0 Å². The minimum Gasteiger partial charge on any atom is -0.325 e. The van der Waals surface area contributed by atoms with E-state index in [-0.39, 0.29) is 0 Å². The van der Waals surface area contributed by atoms with Gasteiger partial charge in [-0.3, -0.25) is 0 Å². The van der Waals surface area contributed by atoms with E-state index in [1.807, 2.05) is 42.3 Å². The maximum atomic E-state index is 5.65. The van der Waals surface area contributed by atoms with Crippen molar-refractivity contribution in [3.8, 4) is 0 Å². The van der Waals surface area contributed by atoms with E-state index in [1.165, 1.54) is 0 Å². The number of anilines is 2. The van der Waals surface area contributed by atoms with Gasteiger partial charge in [-0.25, -0.2) is 14.5 Å². The number of nitrogens with two attached hydrogens (primary N) is 1. The average Bonchev–Trinajstić information content (AvgIpc) is 2.83. The minimum atomic E-state index is 0.370. The molecule has 3 rings (SSSR count). The summed E-state index contributed by atoms with van der Waals surface area (Å²) in [6, 6.07) is 9.57. The molecule has 20 heavy (non-hydrogen) atoms. The van der Waals surface area contributed by atoms with Gasteiger partial charge in [-0.15, -0.1) is 5.10 Å². The first-order chi connectivity index (χ1) is 9.70. The molecule has 102 valence electrons. The third kappa shape index (κ3) is 2.14. The molecular formula is C13H13BrN6. The third-order valence-corrected chi connectivity index (χ3v) is 3.80. The summed E-state index contributed by atoms with van der Waals surface area (Å²) in [7, 11) is 1.92. The molecule has 6 nitrogen and oxygen atoms in total. The maximum Gasteiger partial charge on any atom is 0.155 e. The van der Waals surface area contributed by atoms with Crippen LogP contribution in [0.15, 0.2) is 41.1 Å². The Hall–Kier alpha value is -1.99. The van der Waals surface area contributed by atoms with Gasteiger partial charge in [0.2, 0.25) is 0 Å². The van der Waals surface area contributed by atoms with E-state index < -0.39 is 0 Å². The lowest BCUT2D eigenvalue weighted by Gasteiger charge is -2.16. The van der Waals surface area contributed by atoms with Crippen LogP contribution in [0, 0.1) is 0 Å². The molecule has 7 heteroatoms. The maximum absolute atomic E-state index is 5.65. The quantitative estimate of drug-likeness (QED) is 0.795. The lowest BCUT2D eigenvalue weighted by Crippen LogP contribution is -2.14. The molecule has 2 N–H and O–H groups in total. The normalized spacial score (nSPS) is 10.9. The summed E-state index contributed by atoms with van der Waals surface area (Å²) in [6.45, 7) is 0.370. The molecule has 0 fully saturated rings. The van der Waals surface area contributed by atoms with Crippen LogP contribution in [0.25, 0.3) is 5.65 Å². The molecule has 0 aliphatic heterocycles. The Morgan fingerprint density at radius 2 is 2.10 bits per heavy atom. The second-order valence-electron chi connectivity index (χ2n) is 4.26. The first-order valence-corrected chi connectivity index (χ1v) is 6.89. The van der Waals surface area contributed by atoms with Gasteiger partial charge in [0.15, 0.2) is 11.5 Å². The summed E-state index contributed by atoms with van der Waals surface area (Å²) in [5.74, 6) is 1.60. The SMILES string of the molecule is CN(c1ccccn1)c1ccc2nc(CN)c(Br)n2n1. The van der Waals surface area contributed by atoms with Gasteiger partial charge in [0, 0.05) is 19.8 Å². The smallest absolute Gasteiger partial charge is 0.155 e. The van der Waals surface area contributed by atoms with Gasteiger partial charge in [0.05, 0.1) is 5.69 Å². The van der Waals surface area contributed by atoms with Crippen molar-refractivity contribution in [2.75, 3.05) is 11.9 Å². The molecule has 0 radical (unpaired) electrons. The summed E-state index contributed by atoms with van der Waals surface area (Å²) in [6.07, 6.45) is 1.75. The summed E-state index contributed by atoms with van der Waals surface area (Å²) in [5.41, 5.74) is 7.20. The second kappa shape index (κ2) is 5.18. The number of fused-ring (bicyclic) bond motifs is 1. The van der Waals surface area contributed by atoms with E-state index in [9.17, 15) is 0 Å². The van der Waals surface area contributed by atoms with Gasteiger partial charge in [0.1, 0.15) is 10.4 Å². The molecule has 0 aliphatic carbocycles. The van der Waals surface area contributed by atoms with Crippen molar-refractivity contribution < 1.29 is 0 Å². The van der Waals surface area contributed by atoms with E-state index in [2.05, 4.69) is 31.0 Å². The zero-order valence-electron chi connectivity index (χ0n) is 10.9. The van der Waals surface area contributed by atoms with Crippen LogP contribution in [0.4, 0.5) is 11.6 Å². The monoisotopic (exact) mass is 332 g/mol. The van der Waals surface area contributed by atoms with Gasteiger partial charge in [-0.05, 0) is 40.2 Å². The van der Waals surface area contributed by atoms with Crippen LogP contribution in [0.5, 0.6) is 0 Å². The predicted molar refractivity (Wildman–Crippen MR) is 80.9 cm³/mol. The van der Waals surface area contributed by atoms with Crippen molar-refractivity contribution in [2.24, 2.45) is 5.73 Å². The lowest BCUT2D eigenvalue weighted by molar-refractivity contribution is 0.884. The third-order valence-electron chi connectivity index (χ3n) is 3.00. The number of rotatable bonds is 3. The molecule has 0 spiro atoms. The van der Waals surface area contributed by atoms with E-state index >= 15 is 0 Å². The minimum absolute atomic E-state index is 0.370. The Balaban J connectivity index is 2.07. The van der Waals surface area contributed by atoms with Crippen molar-refractivity contribution in [1.29, 1.82) is 0 Å². The topological polar surface area (TPSA) is 72.3 Å². The van der Waals surface area contributed by atoms with Gasteiger partial charge in [0.25, 0.3) is 0 Å². The number of nitrogens with zero attached hydrogens (tertiary/aromatic N) is 5. The molecule has 0 atom stereocenters. The summed E-state index contributed by atoms with van der Waals surface area (Å²) < 4.78 is 2.52. The Morgan fingerprint density at radius 1 is 1.25 bits per heavy atom. The molecule has 0 aliphatic rings. The number of halogens is 1. The zero-order chi connectivity index (χ0) is 14.1. The second-order valence-corrected chi connectivity index (χ2v) is 5.01. The van der Waals surface area contributed by atoms with Crippen molar-refractivity contribution in [2.45, 2.75) is 6.54 Å². The van der Waals surface area contributed by atoms with Crippen molar-refractivity contribution in [3.63, 3.8) is 0 Å². The molecule has 3 aromatic heterocycles. The van der Waals surface area contributed by atoms with E-state index in [0.717, 1.165) is 27.6 Å². The molecule has 3 aromatic rings. The van der Waals surface area contributed by atoms with Crippen LogP contribution in [0.1, 0.15) is 5.69 Å². The highest BCUT2D eigenvalue weighted by Crippen LogP contribution is 2.22. The molecule has 3 heterocycles. The van der Waals surface area contributed by atoms with Crippen LogP contribution in [0.3, 0.4) is 0 Å². The summed E-state index contributed by atoms with van der Waals surface area (Å²) >= 11 is 3.48. The van der Waals surface area contributed by atoms with Crippen molar-refractivity contribution in [1.82, 2.24) is 19.6 Å². The Labute approximate surface area is 124 Å². The fourth-order valence-corrected chi connectivity index (χ4v) is 2.43. The number of hydrogen-bond acceptors (Lipinski definition) is 5. The van der Waals surface area contributed by atoms with Crippen LogP contribution >= 0.6 is 15.9 Å². The van der Waals surface area contributed by atoms with Crippen LogP contribution < -0.4 is 10.6 Å². The highest BCUT2D eigenvalue weighted by atomic mass is 79.9. The fourth-order valence-electron chi connectivity index (χ4n) is 1.92.